The van der Waals surface area contributed by atoms with Crippen molar-refractivity contribution < 1.29 is 23.2 Å². The minimum Gasteiger partial charge on any atom is -0.490 e. The van der Waals surface area contributed by atoms with Crippen molar-refractivity contribution in [3.8, 4) is 17.2 Å². The van der Waals surface area contributed by atoms with E-state index in [1.807, 2.05) is 6.92 Å². The molecule has 1 atom stereocenters. The Hall–Kier alpha value is -3.99. The Balaban J connectivity index is 1.62. The van der Waals surface area contributed by atoms with Crippen molar-refractivity contribution in [1.29, 1.82) is 0 Å². The molecule has 0 aliphatic heterocycles. The first kappa shape index (κ1) is 26.1. The molecule has 4 rings (SSSR count). The van der Waals surface area contributed by atoms with Crippen LogP contribution in [0.2, 0.25) is 0 Å². The number of hydrogen-bond acceptors (Lipinski definition) is 7. The lowest BCUT2D eigenvalue weighted by molar-refractivity contribution is -0.479. The lowest BCUT2D eigenvalue weighted by Crippen LogP contribution is -2.12. The molecule has 0 amide bonds. The molecule has 11 heteroatoms. The smallest absolute Gasteiger partial charge is 0.220 e. The van der Waals surface area contributed by atoms with E-state index in [-0.39, 0.29) is 24.8 Å². The number of halogens is 2. The molecule has 37 heavy (non-hydrogen) atoms. The predicted octanol–water partition coefficient (Wildman–Crippen LogP) is 5.94. The van der Waals surface area contributed by atoms with Crippen LogP contribution in [0.1, 0.15) is 29.1 Å². The van der Waals surface area contributed by atoms with Crippen molar-refractivity contribution in [3.05, 3.63) is 105 Å². The standard InChI is InChI=1S/C26H24F2N4O4S/c1-3-35-24-14-19(7-12-23(24)36-16-18-5-4-6-21(28)13-18)25(15-31(33)34)37-26-30-29-17(2)32(26)22-10-8-20(27)9-11-22/h4-14,25H,3,15-16H2,1-2H3/t25-/m1/s1. The summed E-state index contributed by atoms with van der Waals surface area (Å²) in [5, 5.41) is 19.7. The summed E-state index contributed by atoms with van der Waals surface area (Å²) in [4.78, 5) is 11.2. The normalized spacial score (nSPS) is 11.8. The SMILES string of the molecule is CCOc1cc([C@@H](C[N+](=O)[O-])Sc2nnc(C)n2-c2ccc(F)cc2)ccc1OCc1cccc(F)c1. The molecule has 0 aliphatic rings. The van der Waals surface area contributed by atoms with E-state index in [0.29, 0.717) is 45.9 Å². The number of aryl methyl sites for hydroxylation is 1. The minimum atomic E-state index is -0.630. The third-order valence-corrected chi connectivity index (χ3v) is 6.55. The summed E-state index contributed by atoms with van der Waals surface area (Å²) in [6, 6.07) is 17.1. The molecular weight excluding hydrogens is 502 g/mol. The molecule has 0 fully saturated rings. The number of nitro groups is 1. The topological polar surface area (TPSA) is 92.3 Å². The van der Waals surface area contributed by atoms with Crippen molar-refractivity contribution in [1.82, 2.24) is 14.8 Å². The second kappa shape index (κ2) is 11.8. The van der Waals surface area contributed by atoms with Gasteiger partial charge in [0, 0.05) is 10.6 Å². The summed E-state index contributed by atoms with van der Waals surface area (Å²) >= 11 is 1.18. The van der Waals surface area contributed by atoms with E-state index in [2.05, 4.69) is 10.2 Å². The summed E-state index contributed by atoms with van der Waals surface area (Å²) in [6.07, 6.45) is 0. The molecule has 3 aromatic carbocycles. The van der Waals surface area contributed by atoms with Gasteiger partial charge in [-0.1, -0.05) is 30.0 Å². The van der Waals surface area contributed by atoms with Gasteiger partial charge in [-0.25, -0.2) is 8.78 Å². The highest BCUT2D eigenvalue weighted by molar-refractivity contribution is 7.99. The molecule has 4 aromatic rings. The number of hydrogen-bond donors (Lipinski definition) is 0. The van der Waals surface area contributed by atoms with E-state index in [4.69, 9.17) is 9.47 Å². The van der Waals surface area contributed by atoms with Gasteiger partial charge in [0.15, 0.2) is 16.7 Å². The highest BCUT2D eigenvalue weighted by Gasteiger charge is 2.25. The van der Waals surface area contributed by atoms with E-state index in [1.54, 1.807) is 54.0 Å². The Morgan fingerprint density at radius 3 is 2.49 bits per heavy atom. The van der Waals surface area contributed by atoms with Crippen LogP contribution in [0.5, 0.6) is 11.5 Å². The van der Waals surface area contributed by atoms with E-state index in [1.165, 1.54) is 36.0 Å². The molecule has 0 unspecified atom stereocenters. The molecule has 0 N–H and O–H groups in total. The van der Waals surface area contributed by atoms with Crippen LogP contribution in [0.4, 0.5) is 8.78 Å². The molecule has 0 spiro atoms. The minimum absolute atomic E-state index is 0.129. The lowest BCUT2D eigenvalue weighted by atomic mass is 10.1. The molecule has 1 heterocycles. The number of rotatable bonds is 11. The molecule has 8 nitrogen and oxygen atoms in total. The number of benzene rings is 3. The maximum absolute atomic E-state index is 13.5. The predicted molar refractivity (Wildman–Crippen MR) is 135 cm³/mol. The van der Waals surface area contributed by atoms with Crippen LogP contribution in [0.25, 0.3) is 5.69 Å². The van der Waals surface area contributed by atoms with E-state index >= 15 is 0 Å². The molecule has 192 valence electrons. The van der Waals surface area contributed by atoms with Crippen LogP contribution in [-0.4, -0.2) is 32.8 Å². The fourth-order valence-corrected chi connectivity index (χ4v) is 4.84. The maximum atomic E-state index is 13.5. The number of thioether (sulfide) groups is 1. The van der Waals surface area contributed by atoms with Crippen molar-refractivity contribution in [2.45, 2.75) is 30.9 Å². The van der Waals surface area contributed by atoms with Crippen molar-refractivity contribution >= 4 is 11.8 Å². The first-order valence-electron chi connectivity index (χ1n) is 11.4. The van der Waals surface area contributed by atoms with Crippen LogP contribution in [0.15, 0.2) is 71.9 Å². The van der Waals surface area contributed by atoms with Gasteiger partial charge >= 0.3 is 0 Å². The molecule has 0 aliphatic carbocycles. The van der Waals surface area contributed by atoms with Gasteiger partial charge in [0.25, 0.3) is 0 Å². The highest BCUT2D eigenvalue weighted by atomic mass is 32.2. The van der Waals surface area contributed by atoms with Crippen LogP contribution < -0.4 is 9.47 Å². The van der Waals surface area contributed by atoms with Crippen molar-refractivity contribution in [2.75, 3.05) is 13.2 Å². The average molecular weight is 527 g/mol. The monoisotopic (exact) mass is 526 g/mol. The molecule has 1 aromatic heterocycles. The van der Waals surface area contributed by atoms with Gasteiger partial charge in [0.1, 0.15) is 29.3 Å². The summed E-state index contributed by atoms with van der Waals surface area (Å²) < 4.78 is 40.3. The van der Waals surface area contributed by atoms with Gasteiger partial charge < -0.3 is 9.47 Å². The van der Waals surface area contributed by atoms with E-state index < -0.39 is 10.2 Å². The second-order valence-corrected chi connectivity index (χ2v) is 9.19. The summed E-state index contributed by atoms with van der Waals surface area (Å²) in [6.45, 7) is 3.67. The first-order valence-corrected chi connectivity index (χ1v) is 12.3. The van der Waals surface area contributed by atoms with Gasteiger partial charge in [0.2, 0.25) is 6.54 Å². The van der Waals surface area contributed by atoms with Gasteiger partial charge in [0.05, 0.1) is 6.61 Å². The molecule has 0 bridgehead atoms. The molecule has 0 radical (unpaired) electrons. The Kier molecular flexibility index (Phi) is 8.34. The summed E-state index contributed by atoms with van der Waals surface area (Å²) in [5.41, 5.74) is 1.93. The fourth-order valence-electron chi connectivity index (χ4n) is 3.68. The van der Waals surface area contributed by atoms with Crippen molar-refractivity contribution in [2.24, 2.45) is 0 Å². The third-order valence-electron chi connectivity index (χ3n) is 5.37. The largest absolute Gasteiger partial charge is 0.490 e. The van der Waals surface area contributed by atoms with Crippen LogP contribution in [0, 0.1) is 28.7 Å². The zero-order chi connectivity index (χ0) is 26.4. The maximum Gasteiger partial charge on any atom is 0.220 e. The number of aromatic nitrogens is 3. The number of ether oxygens (including phenoxy) is 2. The average Bonchev–Trinajstić information content (AvgIpc) is 3.23. The molecule has 0 saturated carbocycles. The third kappa shape index (κ3) is 6.62. The van der Waals surface area contributed by atoms with Crippen molar-refractivity contribution in [3.63, 3.8) is 0 Å². The molecule has 0 saturated heterocycles. The first-order chi connectivity index (χ1) is 17.8. The fraction of sp³-hybridized carbons (Fsp3) is 0.231. The summed E-state index contributed by atoms with van der Waals surface area (Å²) in [7, 11) is 0. The number of nitrogens with zero attached hydrogens (tertiary/aromatic N) is 4. The second-order valence-electron chi connectivity index (χ2n) is 8.02. The van der Waals surface area contributed by atoms with Crippen LogP contribution >= 0.6 is 11.8 Å². The zero-order valence-electron chi connectivity index (χ0n) is 20.1. The molecular formula is C26H24F2N4O4S. The Morgan fingerprint density at radius 1 is 1.00 bits per heavy atom. The quantitative estimate of drug-likeness (QED) is 0.136. The van der Waals surface area contributed by atoms with E-state index in [0.717, 1.165) is 0 Å². The van der Waals surface area contributed by atoms with E-state index in [9.17, 15) is 18.9 Å². The summed E-state index contributed by atoms with van der Waals surface area (Å²) in [5.74, 6) is 0.680. The Morgan fingerprint density at radius 2 is 1.78 bits per heavy atom. The zero-order valence-corrected chi connectivity index (χ0v) is 21.0. The van der Waals surface area contributed by atoms with Gasteiger partial charge in [-0.15, -0.1) is 10.2 Å². The lowest BCUT2D eigenvalue weighted by Gasteiger charge is -2.17. The Labute approximate surface area is 216 Å². The highest BCUT2D eigenvalue weighted by Crippen LogP contribution is 2.39. The van der Waals surface area contributed by atoms with Gasteiger partial charge in [-0.05, 0) is 73.5 Å². The Bertz CT molecular complexity index is 1380. The van der Waals surface area contributed by atoms with Gasteiger partial charge in [-0.3, -0.25) is 14.7 Å². The van der Waals surface area contributed by atoms with Gasteiger partial charge in [-0.2, -0.15) is 0 Å². The van der Waals surface area contributed by atoms with Crippen LogP contribution in [0.3, 0.4) is 0 Å². The van der Waals surface area contributed by atoms with Crippen LogP contribution in [-0.2, 0) is 6.61 Å².